The van der Waals surface area contributed by atoms with Gasteiger partial charge in [-0.3, -0.25) is 9.59 Å². The number of nitrogens with one attached hydrogen (secondary N) is 1. The average Bonchev–Trinajstić information content (AvgIpc) is 2.91. The van der Waals surface area contributed by atoms with Crippen molar-refractivity contribution in [3.8, 4) is 0 Å². The number of nitrogens with zero attached hydrogens (tertiary/aromatic N) is 1. The van der Waals surface area contributed by atoms with Crippen molar-refractivity contribution in [3.05, 3.63) is 118 Å². The third-order valence-electron chi connectivity index (χ3n) is 6.03. The van der Waals surface area contributed by atoms with Crippen LogP contribution in [-0.2, 0) is 27.3 Å². The fraction of sp³-hybridized carbons (Fsp3) is 0.200. The third kappa shape index (κ3) is 7.56. The minimum Gasteiger partial charge on any atom is -0.495 e. The number of hydrogen-bond donors (Lipinski definition) is 2. The molecule has 1 amide bonds. The van der Waals surface area contributed by atoms with Crippen molar-refractivity contribution in [2.24, 2.45) is 5.73 Å². The number of allylic oxidation sites excluding steroid dienone is 2. The molecule has 6 nitrogen and oxygen atoms in total. The second-order valence-electron chi connectivity index (χ2n) is 8.64. The van der Waals surface area contributed by atoms with Crippen molar-refractivity contribution in [1.82, 2.24) is 4.90 Å². The second-order valence-corrected chi connectivity index (χ2v) is 9.07. The van der Waals surface area contributed by atoms with Crippen LogP contribution < -0.4 is 11.1 Å². The molecule has 0 heterocycles. The Morgan fingerprint density at radius 1 is 1.08 bits per heavy atom. The van der Waals surface area contributed by atoms with Gasteiger partial charge in [0.25, 0.3) is 0 Å². The molecule has 3 N–H and O–H groups in total. The Labute approximate surface area is 223 Å². The van der Waals surface area contributed by atoms with Crippen molar-refractivity contribution in [1.29, 1.82) is 0 Å². The number of likely N-dealkylation sites (N-methyl/N-ethyl adjacent to an activating group) is 1. The highest BCUT2D eigenvalue weighted by molar-refractivity contribution is 6.30. The van der Waals surface area contributed by atoms with Gasteiger partial charge in [-0.15, -0.1) is 0 Å². The molecule has 0 aromatic heterocycles. The third-order valence-corrected chi connectivity index (χ3v) is 6.26. The van der Waals surface area contributed by atoms with Crippen molar-refractivity contribution in [2.45, 2.75) is 25.9 Å². The van der Waals surface area contributed by atoms with Crippen LogP contribution >= 0.6 is 11.6 Å². The molecular weight excluding hydrogens is 486 g/mol. The van der Waals surface area contributed by atoms with Crippen molar-refractivity contribution in [2.75, 3.05) is 19.5 Å². The zero-order valence-electron chi connectivity index (χ0n) is 21.3. The molecule has 7 heteroatoms. The van der Waals surface area contributed by atoms with Gasteiger partial charge < -0.3 is 20.7 Å². The summed E-state index contributed by atoms with van der Waals surface area (Å²) in [5.74, 6) is 0.239. The van der Waals surface area contributed by atoms with Gasteiger partial charge >= 0.3 is 0 Å². The normalized spacial score (nSPS) is 12.6. The van der Waals surface area contributed by atoms with E-state index in [9.17, 15) is 9.59 Å². The molecule has 0 aliphatic rings. The van der Waals surface area contributed by atoms with Gasteiger partial charge in [-0.2, -0.15) is 0 Å². The van der Waals surface area contributed by atoms with Crippen LogP contribution in [0.5, 0.6) is 0 Å². The SMILES string of the molecule is COC(=C/N(C)C(Cc1ccccc1)C(=O)Nc1cccc(CN)c1)/C(=C\C=O)c1cc(Cl)ccc1C. The van der Waals surface area contributed by atoms with Crippen LogP contribution in [0.2, 0.25) is 5.02 Å². The minimum absolute atomic E-state index is 0.188. The number of hydrogen-bond acceptors (Lipinski definition) is 5. The highest BCUT2D eigenvalue weighted by atomic mass is 35.5. The van der Waals surface area contributed by atoms with E-state index in [1.54, 1.807) is 23.2 Å². The zero-order chi connectivity index (χ0) is 26.8. The lowest BCUT2D eigenvalue weighted by atomic mass is 9.98. The van der Waals surface area contributed by atoms with Gasteiger partial charge in [0.1, 0.15) is 18.1 Å². The summed E-state index contributed by atoms with van der Waals surface area (Å²) < 4.78 is 5.72. The Morgan fingerprint density at radius 3 is 2.49 bits per heavy atom. The van der Waals surface area contributed by atoms with Gasteiger partial charge in [0.15, 0.2) is 0 Å². The first-order valence-corrected chi connectivity index (χ1v) is 12.3. The molecule has 192 valence electrons. The van der Waals surface area contributed by atoms with Crippen LogP contribution in [0.15, 0.2) is 90.8 Å². The maximum Gasteiger partial charge on any atom is 0.247 e. The Kier molecular flexibility index (Phi) is 10.1. The predicted octanol–water partition coefficient (Wildman–Crippen LogP) is 5.36. The molecule has 0 aliphatic carbocycles. The van der Waals surface area contributed by atoms with E-state index in [1.807, 2.05) is 74.6 Å². The molecule has 0 fully saturated rings. The van der Waals surface area contributed by atoms with Crippen LogP contribution in [-0.4, -0.2) is 37.3 Å². The summed E-state index contributed by atoms with van der Waals surface area (Å²) in [5.41, 5.74) is 10.6. The summed E-state index contributed by atoms with van der Waals surface area (Å²) in [6.45, 7) is 2.31. The monoisotopic (exact) mass is 517 g/mol. The van der Waals surface area contributed by atoms with Crippen LogP contribution in [0.1, 0.15) is 22.3 Å². The molecule has 1 unspecified atom stereocenters. The van der Waals surface area contributed by atoms with Gasteiger partial charge in [-0.1, -0.05) is 60.1 Å². The number of benzene rings is 3. The minimum atomic E-state index is -0.577. The molecule has 0 bridgehead atoms. The highest BCUT2D eigenvalue weighted by Gasteiger charge is 2.24. The number of amides is 1. The molecule has 0 saturated carbocycles. The fourth-order valence-electron chi connectivity index (χ4n) is 4.02. The van der Waals surface area contributed by atoms with Crippen molar-refractivity contribution >= 4 is 35.1 Å². The Bertz CT molecular complexity index is 1290. The molecule has 0 spiro atoms. The van der Waals surface area contributed by atoms with Crippen LogP contribution in [0.25, 0.3) is 5.57 Å². The lowest BCUT2D eigenvalue weighted by Gasteiger charge is -2.27. The molecule has 0 aliphatic heterocycles. The van der Waals surface area contributed by atoms with Gasteiger partial charge in [-0.25, -0.2) is 0 Å². The van der Waals surface area contributed by atoms with E-state index >= 15 is 0 Å². The van der Waals surface area contributed by atoms with Crippen LogP contribution in [0.3, 0.4) is 0 Å². The van der Waals surface area contributed by atoms with E-state index in [0.717, 1.165) is 22.3 Å². The summed E-state index contributed by atoms with van der Waals surface area (Å²) in [6.07, 6.45) is 4.34. The van der Waals surface area contributed by atoms with Gasteiger partial charge in [0.2, 0.25) is 5.91 Å². The van der Waals surface area contributed by atoms with Gasteiger partial charge in [0.05, 0.1) is 7.11 Å². The Hall–Kier alpha value is -3.87. The number of carbonyl (C=O) groups excluding carboxylic acids is 2. The number of carbonyl (C=O) groups is 2. The lowest BCUT2D eigenvalue weighted by Crippen LogP contribution is -2.41. The molecule has 37 heavy (non-hydrogen) atoms. The summed E-state index contributed by atoms with van der Waals surface area (Å²) in [4.78, 5) is 26.9. The number of rotatable bonds is 11. The number of anilines is 1. The first kappa shape index (κ1) is 27.7. The quantitative estimate of drug-likeness (QED) is 0.155. The highest BCUT2D eigenvalue weighted by Crippen LogP contribution is 2.29. The van der Waals surface area contributed by atoms with E-state index in [1.165, 1.54) is 13.2 Å². The Morgan fingerprint density at radius 2 is 1.81 bits per heavy atom. The molecule has 1 atom stereocenters. The van der Waals surface area contributed by atoms with E-state index in [2.05, 4.69) is 5.32 Å². The van der Waals surface area contributed by atoms with E-state index in [0.29, 0.717) is 41.3 Å². The number of ether oxygens (including phenoxy) is 1. The number of halogens is 1. The summed E-state index contributed by atoms with van der Waals surface area (Å²) in [7, 11) is 3.34. The lowest BCUT2D eigenvalue weighted by molar-refractivity contribution is -0.120. The smallest absolute Gasteiger partial charge is 0.247 e. The first-order valence-electron chi connectivity index (χ1n) is 11.9. The standard InChI is InChI=1S/C30H32ClN3O3/c1-21-12-13-24(31)18-27(21)26(14-15-35)29(37-3)20-34(2)28(17-22-8-5-4-6-9-22)30(36)33-25-11-7-10-23(16-25)19-32/h4-16,18,20,28H,17,19,32H2,1-3H3,(H,33,36)/b26-14-,29-20+. The van der Waals surface area contributed by atoms with Crippen molar-refractivity contribution < 1.29 is 14.3 Å². The van der Waals surface area contributed by atoms with E-state index in [4.69, 9.17) is 22.1 Å². The molecule has 3 aromatic carbocycles. The number of nitrogens with two attached hydrogens (primary N) is 1. The van der Waals surface area contributed by atoms with E-state index < -0.39 is 6.04 Å². The van der Waals surface area contributed by atoms with Gasteiger partial charge in [-0.05, 0) is 59.5 Å². The maximum atomic E-state index is 13.5. The zero-order valence-corrected chi connectivity index (χ0v) is 22.0. The Balaban J connectivity index is 1.99. The molecule has 3 aromatic rings. The van der Waals surface area contributed by atoms with Crippen LogP contribution in [0.4, 0.5) is 5.69 Å². The summed E-state index contributed by atoms with van der Waals surface area (Å²) in [6, 6.07) is 22.1. The van der Waals surface area contributed by atoms with Crippen LogP contribution in [0, 0.1) is 6.92 Å². The summed E-state index contributed by atoms with van der Waals surface area (Å²) >= 11 is 6.25. The molecule has 0 saturated heterocycles. The van der Waals surface area contributed by atoms with Gasteiger partial charge in [0, 0.05) is 42.5 Å². The largest absolute Gasteiger partial charge is 0.495 e. The second kappa shape index (κ2) is 13.4. The number of methoxy groups -OCH3 is 1. The average molecular weight is 518 g/mol. The predicted molar refractivity (Wildman–Crippen MR) is 150 cm³/mol. The fourth-order valence-corrected chi connectivity index (χ4v) is 4.20. The maximum absolute atomic E-state index is 13.5. The van der Waals surface area contributed by atoms with E-state index in [-0.39, 0.29) is 5.91 Å². The number of aldehydes is 1. The van der Waals surface area contributed by atoms with Crippen molar-refractivity contribution in [3.63, 3.8) is 0 Å². The molecule has 0 radical (unpaired) electrons. The number of aryl methyl sites for hydroxylation is 1. The topological polar surface area (TPSA) is 84.7 Å². The molecular formula is C30H32ClN3O3. The molecule has 3 rings (SSSR count). The summed E-state index contributed by atoms with van der Waals surface area (Å²) in [5, 5.41) is 3.56. The first-order chi connectivity index (χ1) is 17.9.